The molecule has 5 rings (SSSR count). The number of aryl methyl sites for hydroxylation is 1. The average Bonchev–Trinajstić information content (AvgIpc) is 3.36. The Morgan fingerprint density at radius 3 is 2.56 bits per heavy atom. The van der Waals surface area contributed by atoms with E-state index in [0.717, 1.165) is 31.5 Å². The lowest BCUT2D eigenvalue weighted by molar-refractivity contribution is 0.103. The number of fused-ring (bicyclic) bond motifs is 1. The molecule has 1 aliphatic rings. The number of piperidine rings is 1. The monoisotopic (exact) mass is 557 g/mol. The Bertz CT molecular complexity index is 1650. The molecule has 2 heterocycles. The Morgan fingerprint density at radius 2 is 1.85 bits per heavy atom. The third kappa shape index (κ3) is 6.15. The van der Waals surface area contributed by atoms with Crippen LogP contribution in [-0.4, -0.2) is 55.1 Å². The average molecular weight is 558 g/mol. The fraction of sp³-hybridized carbons (Fsp3) is 0.250. The van der Waals surface area contributed by atoms with E-state index in [1.807, 2.05) is 6.92 Å². The van der Waals surface area contributed by atoms with E-state index in [-0.39, 0.29) is 40.4 Å². The summed E-state index contributed by atoms with van der Waals surface area (Å²) in [5, 5.41) is 3.90. The van der Waals surface area contributed by atoms with E-state index in [1.165, 1.54) is 18.3 Å². The second-order valence-corrected chi connectivity index (χ2v) is 10.4. The summed E-state index contributed by atoms with van der Waals surface area (Å²) in [5.41, 5.74) is 9.61. The number of H-pyrrole nitrogens is 1. The topological polar surface area (TPSA) is 95.7 Å². The van der Waals surface area contributed by atoms with Crippen molar-refractivity contribution in [2.45, 2.75) is 25.8 Å². The van der Waals surface area contributed by atoms with E-state index in [2.05, 4.69) is 27.2 Å². The fourth-order valence-corrected chi connectivity index (χ4v) is 5.08. The molecule has 3 aromatic carbocycles. The molecule has 4 aromatic rings. The van der Waals surface area contributed by atoms with Crippen molar-refractivity contribution in [1.29, 1.82) is 0 Å². The molecule has 1 fully saturated rings. The molecule has 0 spiro atoms. The van der Waals surface area contributed by atoms with E-state index in [4.69, 9.17) is 10.5 Å². The molecule has 1 aromatic heterocycles. The Labute approximate surface area is 237 Å². The van der Waals surface area contributed by atoms with Crippen LogP contribution >= 0.6 is 0 Å². The predicted octanol–water partition coefficient (Wildman–Crippen LogP) is 6.31. The molecule has 0 saturated carbocycles. The third-order valence-electron chi connectivity index (χ3n) is 7.38. The van der Waals surface area contributed by atoms with E-state index in [9.17, 15) is 13.6 Å². The third-order valence-corrected chi connectivity index (χ3v) is 7.38. The summed E-state index contributed by atoms with van der Waals surface area (Å²) in [5.74, 6) is -0.669. The van der Waals surface area contributed by atoms with Gasteiger partial charge in [0.1, 0.15) is 11.6 Å². The number of nitrogens with one attached hydrogen (secondary N) is 2. The number of carbonyl (C=O) groups is 1. The molecule has 9 heteroatoms. The van der Waals surface area contributed by atoms with Crippen molar-refractivity contribution < 1.29 is 18.3 Å². The van der Waals surface area contributed by atoms with Crippen LogP contribution in [0.4, 0.5) is 14.5 Å². The first-order chi connectivity index (χ1) is 19.7. The predicted molar refractivity (Wildman–Crippen MR) is 160 cm³/mol. The van der Waals surface area contributed by atoms with Crippen LogP contribution in [-0.2, 0) is 0 Å². The molecule has 1 aliphatic heterocycles. The smallest absolute Gasteiger partial charge is 0.212 e. The van der Waals surface area contributed by atoms with E-state index in [0.29, 0.717) is 27.9 Å². The maximum atomic E-state index is 15.0. The Hall–Kier alpha value is -4.50. The number of benzene rings is 3. The van der Waals surface area contributed by atoms with Crippen LogP contribution in [0.25, 0.3) is 16.6 Å². The van der Waals surface area contributed by atoms with Gasteiger partial charge in [-0.25, -0.2) is 8.78 Å². The number of carbonyl (C=O) groups excluding carboxylic acids is 1. The van der Waals surface area contributed by atoms with Gasteiger partial charge in [0.2, 0.25) is 5.78 Å². The molecular formula is C32H33F2N5O2. The lowest BCUT2D eigenvalue weighted by atomic mass is 9.98. The Kier molecular flexibility index (Phi) is 8.16. The maximum absolute atomic E-state index is 15.0. The van der Waals surface area contributed by atoms with Crippen molar-refractivity contribution >= 4 is 34.3 Å². The SMILES string of the molecule is CN=C/C(C(=O)c1cc2cc(F)c(NC3CCN(C)CC3)cc2[nH]1)=C(/N)c1ccc(Oc2ccccc2F)cc1C. The van der Waals surface area contributed by atoms with Crippen molar-refractivity contribution in [1.82, 2.24) is 9.88 Å². The first kappa shape index (κ1) is 28.0. The molecule has 212 valence electrons. The number of ether oxygens (including phenoxy) is 1. The second-order valence-electron chi connectivity index (χ2n) is 10.4. The first-order valence-corrected chi connectivity index (χ1v) is 13.5. The van der Waals surface area contributed by atoms with Gasteiger partial charge in [-0.3, -0.25) is 9.79 Å². The minimum atomic E-state index is -0.469. The molecule has 7 nitrogen and oxygen atoms in total. The molecule has 41 heavy (non-hydrogen) atoms. The van der Waals surface area contributed by atoms with Crippen LogP contribution in [0.2, 0.25) is 0 Å². The minimum absolute atomic E-state index is 0.108. The van der Waals surface area contributed by atoms with Crippen molar-refractivity contribution in [3.05, 3.63) is 94.7 Å². The van der Waals surface area contributed by atoms with Gasteiger partial charge < -0.3 is 25.7 Å². The number of nitrogens with two attached hydrogens (primary N) is 1. The van der Waals surface area contributed by atoms with Gasteiger partial charge in [-0.05, 0) is 94.0 Å². The van der Waals surface area contributed by atoms with Gasteiger partial charge in [0.25, 0.3) is 0 Å². The van der Waals surface area contributed by atoms with E-state index in [1.54, 1.807) is 55.6 Å². The second kappa shape index (κ2) is 11.9. The van der Waals surface area contributed by atoms with Crippen LogP contribution in [0.3, 0.4) is 0 Å². The summed E-state index contributed by atoms with van der Waals surface area (Å²) in [6.45, 7) is 3.74. The summed E-state index contributed by atoms with van der Waals surface area (Å²) in [6, 6.07) is 16.2. The van der Waals surface area contributed by atoms with Gasteiger partial charge in [0.15, 0.2) is 11.6 Å². The van der Waals surface area contributed by atoms with Gasteiger partial charge >= 0.3 is 0 Å². The summed E-state index contributed by atoms with van der Waals surface area (Å²) >= 11 is 0. The zero-order valence-electron chi connectivity index (χ0n) is 23.3. The van der Waals surface area contributed by atoms with Crippen LogP contribution in [0.1, 0.15) is 34.5 Å². The number of hydrogen-bond acceptors (Lipinski definition) is 6. The number of halogens is 2. The summed E-state index contributed by atoms with van der Waals surface area (Å²) in [6.07, 6.45) is 3.28. The van der Waals surface area contributed by atoms with Gasteiger partial charge in [-0.2, -0.15) is 0 Å². The van der Waals surface area contributed by atoms with Crippen molar-refractivity contribution in [3.8, 4) is 11.5 Å². The highest BCUT2D eigenvalue weighted by Crippen LogP contribution is 2.30. The standard InChI is InChI=1S/C32H33F2N5O2/c1-19-14-22(41-30-7-5-4-6-25(30)33)8-9-23(19)31(35)24(18-36-2)32(40)29-16-20-15-26(34)28(17-27(20)38-29)37-21-10-12-39(3)13-11-21/h4-9,14-18,21,37-38H,10-13,35H2,1-3H3/b31-24-,36-18?. The molecule has 1 saturated heterocycles. The normalized spacial score (nSPS) is 15.3. The molecule has 4 N–H and O–H groups in total. The molecule has 0 unspecified atom stereocenters. The molecule has 0 bridgehead atoms. The van der Waals surface area contributed by atoms with Gasteiger partial charge in [0.05, 0.1) is 22.7 Å². The number of ketones is 1. The number of anilines is 1. The number of aromatic amines is 1. The summed E-state index contributed by atoms with van der Waals surface area (Å²) < 4.78 is 34.7. The van der Waals surface area contributed by atoms with Gasteiger partial charge in [-0.1, -0.05) is 12.1 Å². The minimum Gasteiger partial charge on any atom is -0.454 e. The Morgan fingerprint density at radius 1 is 1.10 bits per heavy atom. The highest BCUT2D eigenvalue weighted by Gasteiger charge is 2.21. The largest absolute Gasteiger partial charge is 0.454 e. The number of aromatic nitrogens is 1. The van der Waals surface area contributed by atoms with Crippen molar-refractivity contribution in [3.63, 3.8) is 0 Å². The highest BCUT2D eigenvalue weighted by atomic mass is 19.1. The number of likely N-dealkylation sites (tertiary alicyclic amines) is 1. The lowest BCUT2D eigenvalue weighted by Crippen LogP contribution is -2.36. The van der Waals surface area contributed by atoms with Crippen LogP contribution < -0.4 is 15.8 Å². The molecule has 0 radical (unpaired) electrons. The molecule has 0 aliphatic carbocycles. The number of rotatable bonds is 8. The van der Waals surface area contributed by atoms with Crippen LogP contribution in [0, 0.1) is 18.6 Å². The number of Topliss-reactive ketones (excluding diaryl/α,β-unsaturated/α-hetero) is 1. The summed E-state index contributed by atoms with van der Waals surface area (Å²) in [4.78, 5) is 23.1. The van der Waals surface area contributed by atoms with Gasteiger partial charge in [-0.15, -0.1) is 0 Å². The first-order valence-electron chi connectivity index (χ1n) is 13.5. The maximum Gasteiger partial charge on any atom is 0.212 e. The number of para-hydroxylation sites is 1. The van der Waals surface area contributed by atoms with Crippen molar-refractivity contribution in [2.24, 2.45) is 10.7 Å². The van der Waals surface area contributed by atoms with E-state index >= 15 is 0 Å². The zero-order valence-corrected chi connectivity index (χ0v) is 23.3. The van der Waals surface area contributed by atoms with Crippen LogP contribution in [0.5, 0.6) is 11.5 Å². The summed E-state index contributed by atoms with van der Waals surface area (Å²) in [7, 11) is 3.64. The molecule has 0 atom stereocenters. The zero-order chi connectivity index (χ0) is 29.1. The quantitative estimate of drug-likeness (QED) is 0.134. The number of allylic oxidation sites excluding steroid dienone is 1. The number of aliphatic imine (C=N–C) groups is 1. The Balaban J connectivity index is 1.42. The number of nitrogens with zero attached hydrogens (tertiary/aromatic N) is 2. The molecule has 0 amide bonds. The highest BCUT2D eigenvalue weighted by molar-refractivity contribution is 6.25. The molecular weight excluding hydrogens is 524 g/mol. The van der Waals surface area contributed by atoms with E-state index < -0.39 is 5.82 Å². The van der Waals surface area contributed by atoms with Crippen LogP contribution in [0.15, 0.2) is 71.2 Å². The number of hydrogen-bond donors (Lipinski definition) is 3. The fourth-order valence-electron chi connectivity index (χ4n) is 5.08. The van der Waals surface area contributed by atoms with Crippen molar-refractivity contribution in [2.75, 3.05) is 32.5 Å². The van der Waals surface area contributed by atoms with Gasteiger partial charge in [0, 0.05) is 35.8 Å². The lowest BCUT2D eigenvalue weighted by Gasteiger charge is -2.30.